The van der Waals surface area contributed by atoms with Crippen LogP contribution in [0.25, 0.3) is 0 Å². The summed E-state index contributed by atoms with van der Waals surface area (Å²) in [5, 5.41) is 9.59. The van der Waals surface area contributed by atoms with Crippen LogP contribution in [0.4, 0.5) is 0 Å². The number of ether oxygens (including phenoxy) is 1. The molecule has 2 heterocycles. The first-order valence-electron chi connectivity index (χ1n) is 7.48. The van der Waals surface area contributed by atoms with Gasteiger partial charge in [-0.05, 0) is 53.0 Å². The molecule has 2 aliphatic rings. The number of rotatable bonds is 3. The number of nitrogens with zero attached hydrogens (tertiary/aromatic N) is 1. The van der Waals surface area contributed by atoms with Crippen LogP contribution in [0.1, 0.15) is 60.3 Å². The molecule has 18 heavy (non-hydrogen) atoms. The van der Waals surface area contributed by atoms with Crippen molar-refractivity contribution in [1.29, 1.82) is 0 Å². The van der Waals surface area contributed by atoms with E-state index < -0.39 is 0 Å². The average Bonchev–Trinajstić information content (AvgIpc) is 2.87. The predicted octanol–water partition coefficient (Wildman–Crippen LogP) is 2.82. The van der Waals surface area contributed by atoms with Gasteiger partial charge in [0.25, 0.3) is 0 Å². The minimum Gasteiger partial charge on any atom is -0.394 e. The number of fused-ring (bicyclic) bond motifs is 1. The fourth-order valence-corrected chi connectivity index (χ4v) is 3.16. The van der Waals surface area contributed by atoms with E-state index in [0.29, 0.717) is 12.6 Å². The van der Waals surface area contributed by atoms with Gasteiger partial charge in [0, 0.05) is 11.6 Å². The first kappa shape index (κ1) is 15.9. The first-order valence-corrected chi connectivity index (χ1v) is 7.48. The molecule has 0 aromatic rings. The Kier molecular flexibility index (Phi) is 5.63. The molecule has 2 saturated heterocycles. The summed E-state index contributed by atoms with van der Waals surface area (Å²) < 4.78 is 5.89. The zero-order valence-corrected chi connectivity index (χ0v) is 12.8. The van der Waals surface area contributed by atoms with Gasteiger partial charge >= 0.3 is 0 Å². The van der Waals surface area contributed by atoms with Gasteiger partial charge in [-0.25, -0.2) is 0 Å². The Morgan fingerprint density at radius 2 is 1.94 bits per heavy atom. The Hall–Kier alpha value is -0.120. The first-order chi connectivity index (χ1) is 8.47. The highest BCUT2D eigenvalue weighted by Crippen LogP contribution is 2.42. The quantitative estimate of drug-likeness (QED) is 0.844. The molecule has 0 aliphatic carbocycles. The second-order valence-electron chi connectivity index (χ2n) is 6.30. The third-order valence-corrected chi connectivity index (χ3v) is 4.04. The van der Waals surface area contributed by atoms with Crippen molar-refractivity contribution in [2.45, 2.75) is 77.5 Å². The summed E-state index contributed by atoms with van der Waals surface area (Å²) in [6.07, 6.45) is 4.71. The Morgan fingerprint density at radius 3 is 2.50 bits per heavy atom. The summed E-state index contributed by atoms with van der Waals surface area (Å²) in [4.78, 5) is 2.50. The molecule has 1 unspecified atom stereocenters. The van der Waals surface area contributed by atoms with Crippen LogP contribution in [0.3, 0.4) is 0 Å². The lowest BCUT2D eigenvalue weighted by atomic mass is 9.95. The van der Waals surface area contributed by atoms with Gasteiger partial charge in [0.2, 0.25) is 0 Å². The van der Waals surface area contributed by atoms with Crippen LogP contribution in [0, 0.1) is 0 Å². The highest BCUT2D eigenvalue weighted by molar-refractivity contribution is 5.04. The van der Waals surface area contributed by atoms with Crippen molar-refractivity contribution in [2.75, 3.05) is 19.8 Å². The van der Waals surface area contributed by atoms with Crippen molar-refractivity contribution in [2.24, 2.45) is 0 Å². The van der Waals surface area contributed by atoms with Gasteiger partial charge in [-0.2, -0.15) is 0 Å². The molecule has 0 radical (unpaired) electrons. The topological polar surface area (TPSA) is 32.7 Å². The molecule has 2 atom stereocenters. The smallest absolute Gasteiger partial charge is 0.0629 e. The van der Waals surface area contributed by atoms with Crippen LogP contribution in [0.15, 0.2) is 0 Å². The average molecular weight is 257 g/mol. The van der Waals surface area contributed by atoms with Crippen LogP contribution in [-0.4, -0.2) is 46.9 Å². The molecule has 2 aliphatic heterocycles. The number of aliphatic hydroxyl groups is 1. The van der Waals surface area contributed by atoms with Crippen molar-refractivity contribution in [3.05, 3.63) is 0 Å². The third-order valence-electron chi connectivity index (χ3n) is 4.04. The summed E-state index contributed by atoms with van der Waals surface area (Å²) in [5.74, 6) is 0. The van der Waals surface area contributed by atoms with E-state index in [1.807, 2.05) is 13.8 Å². The third kappa shape index (κ3) is 3.46. The maximum Gasteiger partial charge on any atom is 0.0629 e. The molecule has 3 heteroatoms. The molecule has 0 aromatic heterocycles. The monoisotopic (exact) mass is 257 g/mol. The molecule has 0 aromatic carbocycles. The van der Waals surface area contributed by atoms with E-state index >= 15 is 0 Å². The minimum absolute atomic E-state index is 0.0514. The van der Waals surface area contributed by atoms with Crippen LogP contribution < -0.4 is 0 Å². The lowest BCUT2D eigenvalue weighted by molar-refractivity contribution is -0.0384. The van der Waals surface area contributed by atoms with Gasteiger partial charge in [0.1, 0.15) is 0 Å². The van der Waals surface area contributed by atoms with E-state index in [9.17, 15) is 5.11 Å². The zero-order valence-electron chi connectivity index (χ0n) is 12.8. The molecular weight excluding hydrogens is 226 g/mol. The normalized spacial score (nSPS) is 32.0. The maximum atomic E-state index is 9.59. The summed E-state index contributed by atoms with van der Waals surface area (Å²) in [7, 11) is 0. The van der Waals surface area contributed by atoms with Gasteiger partial charge in [-0.15, -0.1) is 0 Å². The predicted molar refractivity (Wildman–Crippen MR) is 75.8 cm³/mol. The van der Waals surface area contributed by atoms with Gasteiger partial charge in [-0.1, -0.05) is 13.8 Å². The maximum absolute atomic E-state index is 9.59. The molecule has 1 N–H and O–H groups in total. The Morgan fingerprint density at radius 1 is 1.28 bits per heavy atom. The van der Waals surface area contributed by atoms with E-state index in [1.54, 1.807) is 0 Å². The Bertz CT molecular complexity index is 249. The van der Waals surface area contributed by atoms with Crippen molar-refractivity contribution < 1.29 is 9.84 Å². The fourth-order valence-electron chi connectivity index (χ4n) is 3.16. The molecule has 2 fully saturated rings. The molecular formula is C15H31NO2. The lowest BCUT2D eigenvalue weighted by Gasteiger charge is -2.34. The van der Waals surface area contributed by atoms with E-state index in [1.165, 1.54) is 12.8 Å². The van der Waals surface area contributed by atoms with Crippen LogP contribution >= 0.6 is 0 Å². The second kappa shape index (κ2) is 6.36. The number of hydrogen-bond acceptors (Lipinski definition) is 3. The highest BCUT2D eigenvalue weighted by atomic mass is 16.5. The standard InChI is InChI=1S/C13H25NO2.C2H6/c1-12(2,3)16-9-11-5-7-13(10-15)6-4-8-14(11)13;1-2/h11,15H,4-10H2,1-3H3;1-2H3/t11?,13-;/m0./s1. The minimum atomic E-state index is -0.0514. The van der Waals surface area contributed by atoms with E-state index in [0.717, 1.165) is 26.0 Å². The van der Waals surface area contributed by atoms with Crippen molar-refractivity contribution in [3.8, 4) is 0 Å². The molecule has 0 spiro atoms. The van der Waals surface area contributed by atoms with E-state index in [-0.39, 0.29) is 11.1 Å². The summed E-state index contributed by atoms with van der Waals surface area (Å²) in [6.45, 7) is 12.6. The van der Waals surface area contributed by atoms with E-state index in [4.69, 9.17) is 4.74 Å². The largest absolute Gasteiger partial charge is 0.394 e. The summed E-state index contributed by atoms with van der Waals surface area (Å²) >= 11 is 0. The van der Waals surface area contributed by atoms with Gasteiger partial charge in [-0.3, -0.25) is 4.90 Å². The van der Waals surface area contributed by atoms with Gasteiger partial charge < -0.3 is 9.84 Å². The van der Waals surface area contributed by atoms with E-state index in [2.05, 4.69) is 25.7 Å². The Labute approximate surface area is 113 Å². The Balaban J connectivity index is 0.000000771. The van der Waals surface area contributed by atoms with Crippen molar-refractivity contribution in [1.82, 2.24) is 4.90 Å². The van der Waals surface area contributed by atoms with Crippen LogP contribution in [0.5, 0.6) is 0 Å². The van der Waals surface area contributed by atoms with Crippen molar-refractivity contribution in [3.63, 3.8) is 0 Å². The highest BCUT2D eigenvalue weighted by Gasteiger charge is 2.48. The molecule has 0 amide bonds. The molecule has 0 saturated carbocycles. The molecule has 3 nitrogen and oxygen atoms in total. The van der Waals surface area contributed by atoms with Crippen molar-refractivity contribution >= 4 is 0 Å². The van der Waals surface area contributed by atoms with Gasteiger partial charge in [0.15, 0.2) is 0 Å². The second-order valence-corrected chi connectivity index (χ2v) is 6.30. The lowest BCUT2D eigenvalue weighted by Crippen LogP contribution is -2.47. The SMILES string of the molecule is CC.CC(C)(C)OCC1CC[C@]2(CO)CCCN12. The van der Waals surface area contributed by atoms with Crippen LogP contribution in [-0.2, 0) is 4.74 Å². The fraction of sp³-hybridized carbons (Fsp3) is 1.00. The van der Waals surface area contributed by atoms with Crippen LogP contribution in [0.2, 0.25) is 0 Å². The molecule has 2 rings (SSSR count). The summed E-state index contributed by atoms with van der Waals surface area (Å²) in [5.41, 5.74) is 0.0517. The number of aliphatic hydroxyl groups excluding tert-OH is 1. The molecule has 108 valence electrons. The summed E-state index contributed by atoms with van der Waals surface area (Å²) in [6, 6.07) is 0.522. The molecule has 0 bridgehead atoms. The zero-order chi connectivity index (χ0) is 13.8. The number of hydrogen-bond donors (Lipinski definition) is 1. The van der Waals surface area contributed by atoms with Gasteiger partial charge in [0.05, 0.1) is 18.8 Å².